The molecular formula is C27H28N4O4. The standard InChI is InChI=1S/C27H28N4O4/c1-19-3-2-4-21(25(19)32)17-24-26(33)31(27(34)30(24)18-20-9-11-28-12-10-20)23-7-5-22(6-8-23)29-13-15-35-16-14-29/h2-12,32-33H,13-18H2,1H3. The second-order valence-electron chi connectivity index (χ2n) is 8.71. The van der Waals surface area contributed by atoms with Crippen molar-refractivity contribution in [2.75, 3.05) is 31.2 Å². The number of ether oxygens (including phenoxy) is 1. The van der Waals surface area contributed by atoms with Gasteiger partial charge < -0.3 is 19.8 Å². The van der Waals surface area contributed by atoms with Gasteiger partial charge in [-0.15, -0.1) is 0 Å². The largest absolute Gasteiger partial charge is 0.507 e. The minimum atomic E-state index is -0.347. The maximum absolute atomic E-state index is 13.6. The van der Waals surface area contributed by atoms with E-state index in [0.29, 0.717) is 30.2 Å². The molecule has 2 N–H and O–H groups in total. The number of imidazole rings is 1. The molecule has 35 heavy (non-hydrogen) atoms. The third-order valence-corrected chi connectivity index (χ3v) is 6.47. The van der Waals surface area contributed by atoms with Crippen LogP contribution in [0, 0.1) is 6.92 Å². The molecule has 0 saturated carbocycles. The Labute approximate surface area is 203 Å². The first-order chi connectivity index (χ1) is 17.0. The van der Waals surface area contributed by atoms with Gasteiger partial charge in [0.25, 0.3) is 0 Å². The number of aromatic hydroxyl groups is 2. The topological polar surface area (TPSA) is 92.8 Å². The number of phenols is 1. The van der Waals surface area contributed by atoms with Crippen molar-refractivity contribution < 1.29 is 14.9 Å². The van der Waals surface area contributed by atoms with Crippen LogP contribution in [0.1, 0.15) is 22.4 Å². The van der Waals surface area contributed by atoms with Crippen molar-refractivity contribution in [1.82, 2.24) is 14.1 Å². The number of aromatic nitrogens is 3. The lowest BCUT2D eigenvalue weighted by atomic mass is 10.0. The van der Waals surface area contributed by atoms with Crippen LogP contribution in [0.5, 0.6) is 11.6 Å². The van der Waals surface area contributed by atoms with Crippen molar-refractivity contribution >= 4 is 5.69 Å². The summed E-state index contributed by atoms with van der Waals surface area (Å²) in [4.78, 5) is 19.9. The van der Waals surface area contributed by atoms with Crippen molar-refractivity contribution in [3.05, 3.63) is 99.9 Å². The molecule has 0 atom stereocenters. The van der Waals surface area contributed by atoms with E-state index in [2.05, 4.69) is 9.88 Å². The average Bonchev–Trinajstić information content (AvgIpc) is 3.12. The summed E-state index contributed by atoms with van der Waals surface area (Å²) in [5.41, 5.74) is 3.98. The highest BCUT2D eigenvalue weighted by molar-refractivity contribution is 5.53. The summed E-state index contributed by atoms with van der Waals surface area (Å²) >= 11 is 0. The van der Waals surface area contributed by atoms with E-state index in [9.17, 15) is 15.0 Å². The molecule has 0 spiro atoms. The number of morpholine rings is 1. The molecule has 8 nitrogen and oxygen atoms in total. The zero-order valence-corrected chi connectivity index (χ0v) is 19.6. The van der Waals surface area contributed by atoms with E-state index < -0.39 is 0 Å². The summed E-state index contributed by atoms with van der Waals surface area (Å²) in [7, 11) is 0. The van der Waals surface area contributed by atoms with Crippen LogP contribution in [0.3, 0.4) is 0 Å². The molecule has 8 heteroatoms. The first-order valence-electron chi connectivity index (χ1n) is 11.7. The summed E-state index contributed by atoms with van der Waals surface area (Å²) < 4.78 is 8.31. The second kappa shape index (κ2) is 9.68. The molecule has 0 amide bonds. The van der Waals surface area contributed by atoms with Crippen LogP contribution in [0.4, 0.5) is 5.69 Å². The Bertz CT molecular complexity index is 1370. The molecule has 5 rings (SSSR count). The Kier molecular flexibility index (Phi) is 6.29. The van der Waals surface area contributed by atoms with Crippen molar-refractivity contribution in [1.29, 1.82) is 0 Å². The fourth-order valence-electron chi connectivity index (χ4n) is 4.49. The molecule has 1 saturated heterocycles. The molecule has 0 aliphatic carbocycles. The molecule has 4 aromatic rings. The predicted octanol–water partition coefficient (Wildman–Crippen LogP) is 3.23. The van der Waals surface area contributed by atoms with Gasteiger partial charge in [-0.05, 0) is 54.4 Å². The van der Waals surface area contributed by atoms with Crippen molar-refractivity contribution in [3.63, 3.8) is 0 Å². The van der Waals surface area contributed by atoms with Gasteiger partial charge in [0, 0.05) is 43.2 Å². The summed E-state index contributed by atoms with van der Waals surface area (Å²) in [5.74, 6) is 0.0292. The lowest BCUT2D eigenvalue weighted by Crippen LogP contribution is -2.36. The summed E-state index contributed by atoms with van der Waals surface area (Å²) in [6, 6.07) is 16.8. The Hall–Kier alpha value is -4.04. The third-order valence-electron chi connectivity index (χ3n) is 6.47. The van der Waals surface area contributed by atoms with Gasteiger partial charge in [0.2, 0.25) is 5.88 Å². The fraction of sp³-hybridized carbons (Fsp3) is 0.259. The normalized spacial score (nSPS) is 13.8. The number of aryl methyl sites for hydroxylation is 1. The number of hydrogen-bond acceptors (Lipinski definition) is 6. The van der Waals surface area contributed by atoms with Gasteiger partial charge in [0.1, 0.15) is 5.75 Å². The Morgan fingerprint density at radius 1 is 0.943 bits per heavy atom. The Morgan fingerprint density at radius 3 is 2.34 bits per heavy atom. The van der Waals surface area contributed by atoms with E-state index in [0.717, 1.165) is 29.9 Å². The highest BCUT2D eigenvalue weighted by atomic mass is 16.5. The summed E-state index contributed by atoms with van der Waals surface area (Å²) in [6.07, 6.45) is 3.56. The van der Waals surface area contributed by atoms with Crippen LogP contribution in [0.25, 0.3) is 5.69 Å². The fourth-order valence-corrected chi connectivity index (χ4v) is 4.49. The van der Waals surface area contributed by atoms with E-state index in [-0.39, 0.29) is 30.3 Å². The SMILES string of the molecule is Cc1cccc(Cc2c(O)n(-c3ccc(N4CCOCC4)cc3)c(=O)n2Cc2ccncc2)c1O. The third kappa shape index (κ3) is 4.52. The first-order valence-corrected chi connectivity index (χ1v) is 11.7. The lowest BCUT2D eigenvalue weighted by molar-refractivity contribution is 0.122. The zero-order chi connectivity index (χ0) is 24.4. The maximum atomic E-state index is 13.6. The van der Waals surface area contributed by atoms with Gasteiger partial charge >= 0.3 is 5.69 Å². The van der Waals surface area contributed by atoms with E-state index in [1.807, 2.05) is 55.5 Å². The molecule has 1 fully saturated rings. The second-order valence-corrected chi connectivity index (χ2v) is 8.71. The number of anilines is 1. The first kappa shape index (κ1) is 22.7. The predicted molar refractivity (Wildman–Crippen MR) is 134 cm³/mol. The van der Waals surface area contributed by atoms with Crippen molar-refractivity contribution in [2.45, 2.75) is 19.9 Å². The van der Waals surface area contributed by atoms with Crippen LogP contribution in [0.2, 0.25) is 0 Å². The molecule has 1 aliphatic rings. The maximum Gasteiger partial charge on any atom is 0.336 e. The van der Waals surface area contributed by atoms with E-state index in [1.165, 1.54) is 4.57 Å². The van der Waals surface area contributed by atoms with Gasteiger partial charge in [0.05, 0.1) is 31.1 Å². The highest BCUT2D eigenvalue weighted by Gasteiger charge is 2.23. The van der Waals surface area contributed by atoms with Crippen LogP contribution in [-0.2, 0) is 17.7 Å². The number of benzene rings is 2. The molecular weight excluding hydrogens is 444 g/mol. The van der Waals surface area contributed by atoms with Gasteiger partial charge in [-0.25, -0.2) is 9.36 Å². The van der Waals surface area contributed by atoms with Crippen molar-refractivity contribution in [3.8, 4) is 17.3 Å². The van der Waals surface area contributed by atoms with Crippen LogP contribution < -0.4 is 10.6 Å². The highest BCUT2D eigenvalue weighted by Crippen LogP contribution is 2.29. The van der Waals surface area contributed by atoms with E-state index in [4.69, 9.17) is 4.74 Å². The molecule has 0 bridgehead atoms. The number of rotatable bonds is 6. The van der Waals surface area contributed by atoms with Gasteiger partial charge in [-0.2, -0.15) is 0 Å². The van der Waals surface area contributed by atoms with Gasteiger partial charge in [0.15, 0.2) is 0 Å². The molecule has 3 heterocycles. The Balaban J connectivity index is 1.57. The minimum absolute atomic E-state index is 0.135. The number of hydrogen-bond donors (Lipinski definition) is 2. The Morgan fingerprint density at radius 2 is 1.63 bits per heavy atom. The average molecular weight is 473 g/mol. The van der Waals surface area contributed by atoms with E-state index >= 15 is 0 Å². The molecule has 2 aromatic heterocycles. The quantitative estimate of drug-likeness (QED) is 0.448. The van der Waals surface area contributed by atoms with Crippen LogP contribution in [-0.4, -0.2) is 50.6 Å². The number of para-hydroxylation sites is 1. The zero-order valence-electron chi connectivity index (χ0n) is 19.6. The van der Waals surface area contributed by atoms with Gasteiger partial charge in [-0.1, -0.05) is 18.2 Å². The number of pyridine rings is 1. The number of nitrogens with zero attached hydrogens (tertiary/aromatic N) is 4. The smallest absolute Gasteiger partial charge is 0.336 e. The summed E-state index contributed by atoms with van der Waals surface area (Å²) in [6.45, 7) is 5.11. The number of phenolic OH excluding ortho intramolecular Hbond substituents is 1. The lowest BCUT2D eigenvalue weighted by Gasteiger charge is -2.28. The molecule has 0 unspecified atom stereocenters. The van der Waals surface area contributed by atoms with Crippen LogP contribution in [0.15, 0.2) is 71.8 Å². The molecule has 0 radical (unpaired) electrons. The molecule has 2 aromatic carbocycles. The minimum Gasteiger partial charge on any atom is -0.507 e. The molecule has 1 aliphatic heterocycles. The van der Waals surface area contributed by atoms with Gasteiger partial charge in [-0.3, -0.25) is 9.55 Å². The van der Waals surface area contributed by atoms with Crippen LogP contribution >= 0.6 is 0 Å². The van der Waals surface area contributed by atoms with E-state index in [1.54, 1.807) is 23.0 Å². The monoisotopic (exact) mass is 472 g/mol. The summed E-state index contributed by atoms with van der Waals surface area (Å²) in [5, 5.41) is 21.9. The molecule has 180 valence electrons. The van der Waals surface area contributed by atoms with Crippen molar-refractivity contribution in [2.24, 2.45) is 0 Å².